The van der Waals surface area contributed by atoms with Gasteiger partial charge in [0.05, 0.1) is 15.6 Å². The molecule has 0 saturated carbocycles. The standard InChI is InChI=1S/C7H2Cl2F3NO/c8-4-2-13-1-3(5(4)9)6(14)7(10,11)12/h1-2H. The number of alkyl halides is 3. The van der Waals surface area contributed by atoms with Gasteiger partial charge in [-0.1, -0.05) is 23.2 Å². The van der Waals surface area contributed by atoms with Crippen molar-refractivity contribution >= 4 is 29.0 Å². The highest BCUT2D eigenvalue weighted by Crippen LogP contribution is 2.29. The summed E-state index contributed by atoms with van der Waals surface area (Å²) in [5.41, 5.74) is -0.744. The Kier molecular flexibility index (Phi) is 3.01. The number of hydrogen-bond acceptors (Lipinski definition) is 2. The zero-order valence-electron chi connectivity index (χ0n) is 6.40. The molecule has 0 aromatic carbocycles. The third kappa shape index (κ3) is 2.16. The number of carbonyl (C=O) groups is 1. The molecule has 1 rings (SSSR count). The summed E-state index contributed by atoms with van der Waals surface area (Å²) in [6.45, 7) is 0. The van der Waals surface area contributed by atoms with Crippen LogP contribution in [-0.4, -0.2) is 16.9 Å². The number of hydrogen-bond donors (Lipinski definition) is 0. The minimum Gasteiger partial charge on any atom is -0.284 e. The Balaban J connectivity index is 3.21. The highest BCUT2D eigenvalue weighted by Gasteiger charge is 2.40. The molecule has 0 radical (unpaired) electrons. The predicted molar refractivity (Wildman–Crippen MR) is 44.6 cm³/mol. The number of carbonyl (C=O) groups excluding carboxylic acids is 1. The lowest BCUT2D eigenvalue weighted by Crippen LogP contribution is -2.23. The normalized spacial score (nSPS) is 11.5. The average Bonchev–Trinajstić information content (AvgIpc) is 2.07. The van der Waals surface area contributed by atoms with E-state index >= 15 is 0 Å². The molecule has 0 bridgehead atoms. The van der Waals surface area contributed by atoms with E-state index in [1.807, 2.05) is 0 Å². The Labute approximate surface area is 86.6 Å². The van der Waals surface area contributed by atoms with Crippen molar-refractivity contribution < 1.29 is 18.0 Å². The number of Topliss-reactive ketones (excluding diaryl/α,β-unsaturated/α-hetero) is 1. The van der Waals surface area contributed by atoms with E-state index in [2.05, 4.69) is 4.98 Å². The maximum atomic E-state index is 12.0. The molecule has 1 heterocycles. The zero-order chi connectivity index (χ0) is 10.9. The molecule has 0 N–H and O–H groups in total. The number of ketones is 1. The Morgan fingerprint density at radius 1 is 1.29 bits per heavy atom. The molecule has 0 unspecified atom stereocenters. The summed E-state index contributed by atoms with van der Waals surface area (Å²) in [5, 5.41) is -0.634. The van der Waals surface area contributed by atoms with Gasteiger partial charge in [0.1, 0.15) is 0 Å². The van der Waals surface area contributed by atoms with Crippen LogP contribution in [0.1, 0.15) is 10.4 Å². The lowest BCUT2D eigenvalue weighted by atomic mass is 10.2. The molecule has 0 aliphatic heterocycles. The van der Waals surface area contributed by atoms with Crippen LogP contribution in [0, 0.1) is 0 Å². The SMILES string of the molecule is O=C(c1cncc(Cl)c1Cl)C(F)(F)F. The van der Waals surface area contributed by atoms with Gasteiger partial charge in [0.25, 0.3) is 5.78 Å². The first-order valence-electron chi connectivity index (χ1n) is 3.24. The van der Waals surface area contributed by atoms with Crippen molar-refractivity contribution in [3.05, 3.63) is 28.0 Å². The van der Waals surface area contributed by atoms with E-state index in [0.29, 0.717) is 0 Å². The predicted octanol–water partition coefficient (Wildman–Crippen LogP) is 3.13. The smallest absolute Gasteiger partial charge is 0.284 e. The van der Waals surface area contributed by atoms with Crippen LogP contribution in [0.25, 0.3) is 0 Å². The van der Waals surface area contributed by atoms with Crippen molar-refractivity contribution in [2.45, 2.75) is 6.18 Å². The Morgan fingerprint density at radius 3 is 2.36 bits per heavy atom. The molecule has 0 saturated heterocycles. The Morgan fingerprint density at radius 2 is 1.86 bits per heavy atom. The van der Waals surface area contributed by atoms with E-state index in [1.54, 1.807) is 0 Å². The quantitative estimate of drug-likeness (QED) is 0.710. The van der Waals surface area contributed by atoms with Gasteiger partial charge in [0.15, 0.2) is 0 Å². The van der Waals surface area contributed by atoms with E-state index in [4.69, 9.17) is 23.2 Å². The van der Waals surface area contributed by atoms with Crippen LogP contribution in [-0.2, 0) is 0 Å². The topological polar surface area (TPSA) is 30.0 Å². The molecule has 0 amide bonds. The van der Waals surface area contributed by atoms with Gasteiger partial charge in [-0.15, -0.1) is 0 Å². The van der Waals surface area contributed by atoms with Crippen molar-refractivity contribution in [3.63, 3.8) is 0 Å². The van der Waals surface area contributed by atoms with Crippen LogP contribution in [0.2, 0.25) is 10.0 Å². The van der Waals surface area contributed by atoms with Crippen molar-refractivity contribution in [1.29, 1.82) is 0 Å². The summed E-state index contributed by atoms with van der Waals surface area (Å²) in [7, 11) is 0. The molecule has 0 fully saturated rings. The van der Waals surface area contributed by atoms with Crippen LogP contribution in [0.15, 0.2) is 12.4 Å². The average molecular weight is 244 g/mol. The van der Waals surface area contributed by atoms with Crippen LogP contribution in [0.4, 0.5) is 13.2 Å². The molecule has 0 spiro atoms. The first-order valence-corrected chi connectivity index (χ1v) is 4.00. The van der Waals surface area contributed by atoms with E-state index in [9.17, 15) is 18.0 Å². The lowest BCUT2D eigenvalue weighted by Gasteiger charge is -2.06. The molecule has 14 heavy (non-hydrogen) atoms. The lowest BCUT2D eigenvalue weighted by molar-refractivity contribution is -0.0885. The third-order valence-corrected chi connectivity index (χ3v) is 2.13. The van der Waals surface area contributed by atoms with E-state index in [0.717, 1.165) is 12.4 Å². The number of halogens is 5. The summed E-state index contributed by atoms with van der Waals surface area (Å²) in [6.07, 6.45) is -3.20. The highest BCUT2D eigenvalue weighted by molar-refractivity contribution is 6.43. The van der Waals surface area contributed by atoms with Crippen molar-refractivity contribution in [1.82, 2.24) is 4.98 Å². The van der Waals surface area contributed by atoms with Gasteiger partial charge >= 0.3 is 6.18 Å². The molecular weight excluding hydrogens is 242 g/mol. The van der Waals surface area contributed by atoms with Gasteiger partial charge in [0.2, 0.25) is 0 Å². The number of pyridine rings is 1. The molecule has 7 heteroatoms. The van der Waals surface area contributed by atoms with Crippen molar-refractivity contribution in [2.24, 2.45) is 0 Å². The van der Waals surface area contributed by atoms with Crippen LogP contribution in [0.5, 0.6) is 0 Å². The van der Waals surface area contributed by atoms with Gasteiger partial charge in [0, 0.05) is 12.4 Å². The number of aromatic nitrogens is 1. The fraction of sp³-hybridized carbons (Fsp3) is 0.143. The zero-order valence-corrected chi connectivity index (χ0v) is 7.91. The number of rotatable bonds is 1. The molecule has 76 valence electrons. The second-order valence-electron chi connectivity index (χ2n) is 2.31. The molecule has 0 aliphatic carbocycles. The first-order chi connectivity index (χ1) is 6.34. The van der Waals surface area contributed by atoms with E-state index in [-0.39, 0.29) is 5.02 Å². The largest absolute Gasteiger partial charge is 0.454 e. The van der Waals surface area contributed by atoms with Crippen LogP contribution >= 0.6 is 23.2 Å². The van der Waals surface area contributed by atoms with Crippen molar-refractivity contribution in [2.75, 3.05) is 0 Å². The summed E-state index contributed by atoms with van der Waals surface area (Å²) < 4.78 is 35.9. The summed E-state index contributed by atoms with van der Waals surface area (Å²) in [4.78, 5) is 14.1. The monoisotopic (exact) mass is 243 g/mol. The van der Waals surface area contributed by atoms with Gasteiger partial charge in [-0.3, -0.25) is 9.78 Å². The highest BCUT2D eigenvalue weighted by atomic mass is 35.5. The molecule has 1 aromatic heterocycles. The third-order valence-electron chi connectivity index (χ3n) is 1.34. The fourth-order valence-electron chi connectivity index (χ4n) is 0.730. The Hall–Kier alpha value is -0.810. The van der Waals surface area contributed by atoms with Gasteiger partial charge < -0.3 is 0 Å². The first kappa shape index (κ1) is 11.3. The molecule has 2 nitrogen and oxygen atoms in total. The second-order valence-corrected chi connectivity index (χ2v) is 3.09. The minimum atomic E-state index is -4.98. The minimum absolute atomic E-state index is 0.193. The molecule has 0 atom stereocenters. The Bertz CT molecular complexity index is 378. The van der Waals surface area contributed by atoms with E-state index in [1.165, 1.54) is 0 Å². The van der Waals surface area contributed by atoms with Crippen LogP contribution < -0.4 is 0 Å². The van der Waals surface area contributed by atoms with Crippen molar-refractivity contribution in [3.8, 4) is 0 Å². The summed E-state index contributed by atoms with van der Waals surface area (Å²) in [6, 6.07) is 0. The maximum absolute atomic E-state index is 12.0. The number of nitrogens with zero attached hydrogens (tertiary/aromatic N) is 1. The maximum Gasteiger partial charge on any atom is 0.454 e. The van der Waals surface area contributed by atoms with Gasteiger partial charge in [-0.2, -0.15) is 13.2 Å². The fourth-order valence-corrected chi connectivity index (χ4v) is 1.07. The van der Waals surface area contributed by atoms with E-state index < -0.39 is 22.5 Å². The van der Waals surface area contributed by atoms with Crippen LogP contribution in [0.3, 0.4) is 0 Å². The van der Waals surface area contributed by atoms with Gasteiger partial charge in [-0.25, -0.2) is 0 Å². The van der Waals surface area contributed by atoms with Gasteiger partial charge in [-0.05, 0) is 0 Å². The second kappa shape index (κ2) is 3.74. The molecular formula is C7H2Cl2F3NO. The summed E-state index contributed by atoms with van der Waals surface area (Å²) in [5.74, 6) is -2.06. The molecule has 0 aliphatic rings. The molecule has 1 aromatic rings. The summed E-state index contributed by atoms with van der Waals surface area (Å²) >= 11 is 10.8.